The molecule has 0 radical (unpaired) electrons. The number of amides is 1. The third kappa shape index (κ3) is 2.55. The van der Waals surface area contributed by atoms with Crippen LogP contribution in [0, 0.1) is 0 Å². The maximum atomic E-state index is 12.0. The van der Waals surface area contributed by atoms with Gasteiger partial charge in [-0.25, -0.2) is 13.9 Å². The highest BCUT2D eigenvalue weighted by Crippen LogP contribution is 2.10. The van der Waals surface area contributed by atoms with Crippen molar-refractivity contribution in [2.75, 3.05) is 13.2 Å². The Kier molecular flexibility index (Phi) is 3.46. The van der Waals surface area contributed by atoms with E-state index < -0.39 is 0 Å². The molecule has 1 atom stereocenters. The van der Waals surface area contributed by atoms with Gasteiger partial charge in [0, 0.05) is 25.5 Å². The van der Waals surface area contributed by atoms with Crippen LogP contribution < -0.4 is 11.0 Å². The van der Waals surface area contributed by atoms with Crippen molar-refractivity contribution in [3.63, 3.8) is 0 Å². The Labute approximate surface area is 114 Å². The quantitative estimate of drug-likeness (QED) is 0.789. The molecule has 2 aromatic rings. The van der Waals surface area contributed by atoms with Gasteiger partial charge in [-0.1, -0.05) is 0 Å². The highest BCUT2D eigenvalue weighted by Gasteiger charge is 2.17. The maximum absolute atomic E-state index is 12.0. The van der Waals surface area contributed by atoms with Crippen molar-refractivity contribution >= 4 is 11.6 Å². The maximum Gasteiger partial charge on any atom is 0.350 e. The van der Waals surface area contributed by atoms with E-state index in [0.29, 0.717) is 12.2 Å². The first-order chi connectivity index (χ1) is 9.74. The molecule has 1 saturated heterocycles. The molecule has 0 spiro atoms. The molecule has 20 heavy (non-hydrogen) atoms. The zero-order chi connectivity index (χ0) is 13.9. The lowest BCUT2D eigenvalue weighted by molar-refractivity contribution is -0.122. The van der Waals surface area contributed by atoms with E-state index in [0.717, 1.165) is 24.1 Å². The summed E-state index contributed by atoms with van der Waals surface area (Å²) >= 11 is 0. The zero-order valence-electron chi connectivity index (χ0n) is 10.9. The molecule has 1 amide bonds. The fraction of sp³-hybridized carbons (Fsp3) is 0.500. The van der Waals surface area contributed by atoms with Crippen molar-refractivity contribution in [2.24, 2.45) is 0 Å². The highest BCUT2D eigenvalue weighted by atomic mass is 16.5. The van der Waals surface area contributed by atoms with Crippen LogP contribution in [0.1, 0.15) is 12.8 Å². The van der Waals surface area contributed by atoms with Gasteiger partial charge in [0.05, 0.1) is 12.3 Å². The van der Waals surface area contributed by atoms with Crippen LogP contribution in [-0.4, -0.2) is 44.3 Å². The fourth-order valence-corrected chi connectivity index (χ4v) is 2.21. The van der Waals surface area contributed by atoms with Gasteiger partial charge in [-0.2, -0.15) is 0 Å². The van der Waals surface area contributed by atoms with Gasteiger partial charge in [0.25, 0.3) is 0 Å². The summed E-state index contributed by atoms with van der Waals surface area (Å²) in [6, 6.07) is 0. The van der Waals surface area contributed by atoms with E-state index in [9.17, 15) is 9.59 Å². The molecule has 1 unspecified atom stereocenters. The molecule has 2 aromatic heterocycles. The summed E-state index contributed by atoms with van der Waals surface area (Å²) in [5, 5.41) is 6.80. The number of nitrogens with zero attached hydrogens (tertiary/aromatic N) is 4. The summed E-state index contributed by atoms with van der Waals surface area (Å²) in [6.45, 7) is 1.12. The molecule has 106 valence electrons. The topological polar surface area (TPSA) is 90.5 Å². The first-order valence-corrected chi connectivity index (χ1v) is 6.51. The molecule has 0 bridgehead atoms. The molecule has 1 fully saturated rings. The normalized spacial score (nSPS) is 18.5. The number of fused-ring (bicyclic) bond motifs is 1. The van der Waals surface area contributed by atoms with Crippen molar-refractivity contribution in [3.8, 4) is 0 Å². The summed E-state index contributed by atoms with van der Waals surface area (Å²) in [5.41, 5.74) is 0.0686. The minimum Gasteiger partial charge on any atom is -0.376 e. The Balaban J connectivity index is 1.65. The van der Waals surface area contributed by atoms with Gasteiger partial charge < -0.3 is 10.1 Å². The van der Waals surface area contributed by atoms with Crippen LogP contribution in [0.5, 0.6) is 0 Å². The summed E-state index contributed by atoms with van der Waals surface area (Å²) in [7, 11) is 0. The third-order valence-corrected chi connectivity index (χ3v) is 3.23. The fourth-order valence-electron chi connectivity index (χ4n) is 2.21. The molecule has 0 aliphatic carbocycles. The molecule has 3 heterocycles. The average molecular weight is 277 g/mol. The van der Waals surface area contributed by atoms with Crippen molar-refractivity contribution in [1.29, 1.82) is 0 Å². The minimum atomic E-state index is -0.352. The van der Waals surface area contributed by atoms with E-state index in [4.69, 9.17) is 4.74 Å². The van der Waals surface area contributed by atoms with Crippen LogP contribution >= 0.6 is 0 Å². The van der Waals surface area contributed by atoms with Gasteiger partial charge in [0.15, 0.2) is 5.65 Å². The largest absolute Gasteiger partial charge is 0.376 e. The van der Waals surface area contributed by atoms with Crippen molar-refractivity contribution in [3.05, 3.63) is 29.1 Å². The van der Waals surface area contributed by atoms with E-state index in [-0.39, 0.29) is 24.2 Å². The van der Waals surface area contributed by atoms with E-state index >= 15 is 0 Å². The van der Waals surface area contributed by atoms with Crippen LogP contribution in [0.3, 0.4) is 0 Å². The molecular weight excluding hydrogens is 262 g/mol. The van der Waals surface area contributed by atoms with Gasteiger partial charge in [-0.05, 0) is 12.8 Å². The smallest absolute Gasteiger partial charge is 0.350 e. The number of hydrogen-bond donors (Lipinski definition) is 1. The number of carbonyl (C=O) groups excluding carboxylic acids is 1. The number of carbonyl (C=O) groups is 1. The summed E-state index contributed by atoms with van der Waals surface area (Å²) < 4.78 is 7.89. The lowest BCUT2D eigenvalue weighted by Crippen LogP contribution is -2.36. The third-order valence-electron chi connectivity index (χ3n) is 3.23. The minimum absolute atomic E-state index is 0.0842. The Morgan fingerprint density at radius 2 is 2.45 bits per heavy atom. The van der Waals surface area contributed by atoms with Gasteiger partial charge in [0.1, 0.15) is 6.54 Å². The molecule has 1 aliphatic heterocycles. The molecular formula is C12H15N5O3. The van der Waals surface area contributed by atoms with Crippen molar-refractivity contribution in [2.45, 2.75) is 25.5 Å². The van der Waals surface area contributed by atoms with E-state index in [1.54, 1.807) is 0 Å². The lowest BCUT2D eigenvalue weighted by atomic mass is 10.2. The zero-order valence-corrected chi connectivity index (χ0v) is 10.9. The number of rotatable bonds is 4. The molecule has 8 nitrogen and oxygen atoms in total. The predicted molar refractivity (Wildman–Crippen MR) is 69.2 cm³/mol. The molecule has 1 N–H and O–H groups in total. The van der Waals surface area contributed by atoms with Crippen molar-refractivity contribution in [1.82, 2.24) is 24.5 Å². The standard InChI is InChI=1S/C12H15N5O3/c18-11(14-6-9-2-1-5-20-9)8-17-12(19)16-4-3-13-7-10(16)15-17/h3-4,7,9H,1-2,5-6,8H2,(H,14,18). The molecule has 0 saturated carbocycles. The molecule has 0 aromatic carbocycles. The Hall–Kier alpha value is -2.22. The predicted octanol–water partition coefficient (Wildman–Crippen LogP) is -0.814. The number of aromatic nitrogens is 4. The summed E-state index contributed by atoms with van der Waals surface area (Å²) in [5.74, 6) is -0.251. The molecule has 3 rings (SSSR count). The van der Waals surface area contributed by atoms with Crippen molar-refractivity contribution < 1.29 is 9.53 Å². The highest BCUT2D eigenvalue weighted by molar-refractivity contribution is 5.75. The monoisotopic (exact) mass is 277 g/mol. The van der Waals surface area contributed by atoms with Crippen LogP contribution in [-0.2, 0) is 16.1 Å². The van der Waals surface area contributed by atoms with Gasteiger partial charge >= 0.3 is 5.69 Å². The number of ether oxygens (including phenoxy) is 1. The first-order valence-electron chi connectivity index (χ1n) is 6.51. The van der Waals surface area contributed by atoms with Gasteiger partial charge in [-0.3, -0.25) is 9.78 Å². The van der Waals surface area contributed by atoms with Crippen LogP contribution in [0.4, 0.5) is 0 Å². The first kappa shape index (κ1) is 12.8. The molecule has 8 heteroatoms. The van der Waals surface area contributed by atoms with Crippen LogP contribution in [0.2, 0.25) is 0 Å². The average Bonchev–Trinajstić information content (AvgIpc) is 3.07. The van der Waals surface area contributed by atoms with E-state index in [2.05, 4.69) is 15.4 Å². The Morgan fingerprint density at radius 1 is 1.55 bits per heavy atom. The van der Waals surface area contributed by atoms with Crippen LogP contribution in [0.25, 0.3) is 5.65 Å². The van der Waals surface area contributed by atoms with Gasteiger partial charge in [-0.15, -0.1) is 5.10 Å². The van der Waals surface area contributed by atoms with Crippen LogP contribution in [0.15, 0.2) is 23.4 Å². The summed E-state index contributed by atoms with van der Waals surface area (Å²) in [6.07, 6.45) is 6.56. The second kappa shape index (κ2) is 5.41. The number of nitrogens with one attached hydrogen (secondary N) is 1. The SMILES string of the molecule is O=C(Cn1nc2cnccn2c1=O)NCC1CCCO1. The summed E-state index contributed by atoms with van der Waals surface area (Å²) in [4.78, 5) is 27.6. The molecule has 1 aliphatic rings. The lowest BCUT2D eigenvalue weighted by Gasteiger charge is -2.10. The second-order valence-electron chi connectivity index (χ2n) is 4.68. The second-order valence-corrected chi connectivity index (χ2v) is 4.68. The Morgan fingerprint density at radius 3 is 3.20 bits per heavy atom. The van der Waals surface area contributed by atoms with E-state index in [1.807, 2.05) is 0 Å². The number of hydrogen-bond acceptors (Lipinski definition) is 5. The van der Waals surface area contributed by atoms with E-state index in [1.165, 1.54) is 23.0 Å². The van der Waals surface area contributed by atoms with Gasteiger partial charge in [0.2, 0.25) is 5.91 Å². The Bertz CT molecular complexity index is 671.